The molecular formula is C10H19N. The largest absolute Gasteiger partial charge is 0.198 e. The fraction of sp³-hybridized carbons (Fsp3) is 0.900. The molecule has 1 heteroatoms. The summed E-state index contributed by atoms with van der Waals surface area (Å²) in [6.45, 7) is 8.73. The van der Waals surface area contributed by atoms with Crippen molar-refractivity contribution in [1.82, 2.24) is 0 Å². The van der Waals surface area contributed by atoms with Crippen LogP contribution in [0.1, 0.15) is 40.5 Å². The van der Waals surface area contributed by atoms with E-state index >= 15 is 0 Å². The molecule has 0 amide bonds. The minimum Gasteiger partial charge on any atom is -0.198 e. The number of rotatable bonds is 4. The molecule has 0 aliphatic heterocycles. The number of hydrogen-bond donors (Lipinski definition) is 0. The predicted octanol–water partition coefficient (Wildman–Crippen LogP) is 3.22. The Bertz CT molecular complexity index is 132. The van der Waals surface area contributed by atoms with Gasteiger partial charge in [0.25, 0.3) is 0 Å². The molecule has 0 aliphatic carbocycles. The van der Waals surface area contributed by atoms with Gasteiger partial charge in [0.2, 0.25) is 0 Å². The van der Waals surface area contributed by atoms with E-state index in [1.165, 1.54) is 6.42 Å². The fourth-order valence-corrected chi connectivity index (χ4v) is 0.911. The molecule has 11 heavy (non-hydrogen) atoms. The normalized spacial score (nSPS) is 16.0. The first-order chi connectivity index (χ1) is 5.07. The summed E-state index contributed by atoms with van der Waals surface area (Å²) >= 11 is 0. The standard InChI is InChI=1S/C10H19N/c1-8(2)10(4)6-5-9(3)7-11/h8-10H,5-6H2,1-4H3. The first-order valence-corrected chi connectivity index (χ1v) is 4.47. The van der Waals surface area contributed by atoms with Gasteiger partial charge in [-0.2, -0.15) is 5.26 Å². The lowest BCUT2D eigenvalue weighted by Crippen LogP contribution is -2.05. The molecule has 0 N–H and O–H groups in total. The zero-order valence-electron chi connectivity index (χ0n) is 8.09. The average molecular weight is 153 g/mol. The Labute approximate surface area is 70.4 Å². The van der Waals surface area contributed by atoms with E-state index in [1.54, 1.807) is 0 Å². The molecule has 0 spiro atoms. The summed E-state index contributed by atoms with van der Waals surface area (Å²) in [7, 11) is 0. The van der Waals surface area contributed by atoms with Crippen molar-refractivity contribution in [2.24, 2.45) is 17.8 Å². The lowest BCUT2D eigenvalue weighted by molar-refractivity contribution is 0.368. The lowest BCUT2D eigenvalue weighted by Gasteiger charge is -2.15. The Kier molecular flexibility index (Phi) is 4.94. The van der Waals surface area contributed by atoms with E-state index in [4.69, 9.17) is 5.26 Å². The Morgan fingerprint density at radius 1 is 1.09 bits per heavy atom. The molecule has 0 aromatic heterocycles. The molecular weight excluding hydrogens is 134 g/mol. The molecule has 0 aromatic rings. The van der Waals surface area contributed by atoms with E-state index in [9.17, 15) is 0 Å². The summed E-state index contributed by atoms with van der Waals surface area (Å²) in [5.41, 5.74) is 0. The number of nitrogens with zero attached hydrogens (tertiary/aromatic N) is 1. The minimum atomic E-state index is 0.233. The second-order valence-corrected chi connectivity index (χ2v) is 3.83. The summed E-state index contributed by atoms with van der Waals surface area (Å²) in [4.78, 5) is 0. The molecule has 0 fully saturated rings. The summed E-state index contributed by atoms with van der Waals surface area (Å²) in [6.07, 6.45) is 2.24. The third-order valence-electron chi connectivity index (χ3n) is 2.41. The van der Waals surface area contributed by atoms with Gasteiger partial charge in [0.1, 0.15) is 0 Å². The van der Waals surface area contributed by atoms with Crippen LogP contribution in [0, 0.1) is 29.1 Å². The molecule has 64 valence electrons. The van der Waals surface area contributed by atoms with Crippen LogP contribution < -0.4 is 0 Å². The van der Waals surface area contributed by atoms with Gasteiger partial charge in [0.05, 0.1) is 6.07 Å². The van der Waals surface area contributed by atoms with Gasteiger partial charge < -0.3 is 0 Å². The van der Waals surface area contributed by atoms with Crippen molar-refractivity contribution in [1.29, 1.82) is 5.26 Å². The summed E-state index contributed by atoms with van der Waals surface area (Å²) in [6, 6.07) is 2.26. The van der Waals surface area contributed by atoms with Crippen LogP contribution in [0.3, 0.4) is 0 Å². The van der Waals surface area contributed by atoms with Gasteiger partial charge in [-0.1, -0.05) is 20.8 Å². The van der Waals surface area contributed by atoms with Crippen LogP contribution in [-0.2, 0) is 0 Å². The highest BCUT2D eigenvalue weighted by molar-refractivity contribution is 4.78. The van der Waals surface area contributed by atoms with E-state index in [1.807, 2.05) is 6.92 Å². The Morgan fingerprint density at radius 2 is 1.64 bits per heavy atom. The first kappa shape index (κ1) is 10.5. The molecule has 0 saturated heterocycles. The number of hydrogen-bond acceptors (Lipinski definition) is 1. The summed E-state index contributed by atoms with van der Waals surface area (Å²) in [5, 5.41) is 8.54. The average Bonchev–Trinajstić information content (AvgIpc) is 1.99. The van der Waals surface area contributed by atoms with Crippen molar-refractivity contribution in [2.45, 2.75) is 40.5 Å². The van der Waals surface area contributed by atoms with Crippen molar-refractivity contribution in [3.05, 3.63) is 0 Å². The van der Waals surface area contributed by atoms with Gasteiger partial charge in [-0.25, -0.2) is 0 Å². The summed E-state index contributed by atoms with van der Waals surface area (Å²) < 4.78 is 0. The second kappa shape index (κ2) is 5.18. The van der Waals surface area contributed by atoms with Crippen molar-refractivity contribution in [2.75, 3.05) is 0 Å². The SMILES string of the molecule is CC(C#N)CCC(C)C(C)C. The fourth-order valence-electron chi connectivity index (χ4n) is 0.911. The quantitative estimate of drug-likeness (QED) is 0.608. The molecule has 1 nitrogen and oxygen atoms in total. The Balaban J connectivity index is 3.47. The maximum absolute atomic E-state index is 8.54. The Hall–Kier alpha value is -0.510. The van der Waals surface area contributed by atoms with Crippen molar-refractivity contribution in [3.63, 3.8) is 0 Å². The molecule has 0 aliphatic rings. The molecule has 0 bridgehead atoms. The molecule has 0 saturated carbocycles. The lowest BCUT2D eigenvalue weighted by atomic mass is 9.90. The minimum absolute atomic E-state index is 0.233. The molecule has 0 heterocycles. The third-order valence-corrected chi connectivity index (χ3v) is 2.41. The van der Waals surface area contributed by atoms with Crippen LogP contribution in [0.15, 0.2) is 0 Å². The maximum atomic E-state index is 8.54. The molecule has 0 radical (unpaired) electrons. The van der Waals surface area contributed by atoms with E-state index in [-0.39, 0.29) is 5.92 Å². The van der Waals surface area contributed by atoms with Crippen molar-refractivity contribution in [3.8, 4) is 6.07 Å². The van der Waals surface area contributed by atoms with Crippen molar-refractivity contribution >= 4 is 0 Å². The van der Waals surface area contributed by atoms with Gasteiger partial charge >= 0.3 is 0 Å². The maximum Gasteiger partial charge on any atom is 0.0652 e. The zero-order valence-corrected chi connectivity index (χ0v) is 8.09. The monoisotopic (exact) mass is 153 g/mol. The zero-order chi connectivity index (χ0) is 8.85. The molecule has 0 rings (SSSR count). The van der Waals surface area contributed by atoms with Crippen LogP contribution in [0.4, 0.5) is 0 Å². The highest BCUT2D eigenvalue weighted by Crippen LogP contribution is 2.18. The number of nitriles is 1. The van der Waals surface area contributed by atoms with Gasteiger partial charge in [0.15, 0.2) is 0 Å². The van der Waals surface area contributed by atoms with Crippen LogP contribution in [-0.4, -0.2) is 0 Å². The Morgan fingerprint density at radius 3 is 2.00 bits per heavy atom. The van der Waals surface area contributed by atoms with Crippen LogP contribution in [0.25, 0.3) is 0 Å². The van der Waals surface area contributed by atoms with E-state index < -0.39 is 0 Å². The smallest absolute Gasteiger partial charge is 0.0652 e. The van der Waals surface area contributed by atoms with Crippen LogP contribution in [0.5, 0.6) is 0 Å². The predicted molar refractivity (Wildman–Crippen MR) is 48.0 cm³/mol. The molecule has 0 aromatic carbocycles. The molecule has 2 unspecified atom stereocenters. The molecule has 2 atom stereocenters. The highest BCUT2D eigenvalue weighted by atomic mass is 14.3. The van der Waals surface area contributed by atoms with Crippen LogP contribution >= 0.6 is 0 Å². The highest BCUT2D eigenvalue weighted by Gasteiger charge is 2.08. The van der Waals surface area contributed by atoms with Gasteiger partial charge in [-0.05, 0) is 31.6 Å². The second-order valence-electron chi connectivity index (χ2n) is 3.83. The third kappa shape index (κ3) is 4.84. The summed E-state index contributed by atoms with van der Waals surface area (Å²) in [5.74, 6) is 1.74. The van der Waals surface area contributed by atoms with Gasteiger partial charge in [-0.15, -0.1) is 0 Å². The van der Waals surface area contributed by atoms with E-state index in [0.717, 1.165) is 18.3 Å². The van der Waals surface area contributed by atoms with Crippen LogP contribution in [0.2, 0.25) is 0 Å². The van der Waals surface area contributed by atoms with E-state index in [2.05, 4.69) is 26.8 Å². The first-order valence-electron chi connectivity index (χ1n) is 4.47. The van der Waals surface area contributed by atoms with Gasteiger partial charge in [0, 0.05) is 5.92 Å². The van der Waals surface area contributed by atoms with Gasteiger partial charge in [-0.3, -0.25) is 0 Å². The van der Waals surface area contributed by atoms with Crippen molar-refractivity contribution < 1.29 is 0 Å². The topological polar surface area (TPSA) is 23.8 Å². The van der Waals surface area contributed by atoms with E-state index in [0.29, 0.717) is 0 Å².